The van der Waals surface area contributed by atoms with Gasteiger partial charge in [-0.3, -0.25) is 24.5 Å². The van der Waals surface area contributed by atoms with Crippen molar-refractivity contribution in [3.63, 3.8) is 0 Å². The molecule has 9 heteroatoms. The number of H-pyrrole nitrogens is 1. The number of nitrogens with one attached hydrogen (secondary N) is 2. The fourth-order valence-corrected chi connectivity index (χ4v) is 2.92. The second-order valence-corrected chi connectivity index (χ2v) is 6.55. The third kappa shape index (κ3) is 4.69. The van der Waals surface area contributed by atoms with E-state index in [2.05, 4.69) is 10.3 Å². The Hall–Kier alpha value is -4.01. The number of aromatic amines is 1. The van der Waals surface area contributed by atoms with Crippen LogP contribution in [0.3, 0.4) is 0 Å². The summed E-state index contributed by atoms with van der Waals surface area (Å²) in [5, 5.41) is 13.9. The lowest BCUT2D eigenvalue weighted by molar-refractivity contribution is -0.384. The topological polar surface area (TPSA) is 131 Å². The molecule has 0 aliphatic carbocycles. The van der Waals surface area contributed by atoms with Crippen LogP contribution in [0.5, 0.6) is 0 Å². The molecule has 0 aliphatic heterocycles. The Morgan fingerprint density at radius 3 is 2.53 bits per heavy atom. The van der Waals surface area contributed by atoms with Crippen molar-refractivity contribution in [3.05, 3.63) is 76.0 Å². The number of benzene rings is 2. The van der Waals surface area contributed by atoms with Gasteiger partial charge in [-0.2, -0.15) is 0 Å². The zero-order chi connectivity index (χ0) is 21.7. The summed E-state index contributed by atoms with van der Waals surface area (Å²) in [6.45, 7) is 1.50. The van der Waals surface area contributed by atoms with Crippen LogP contribution in [-0.2, 0) is 9.53 Å². The average Bonchev–Trinajstić information content (AvgIpc) is 3.17. The predicted molar refractivity (Wildman–Crippen MR) is 108 cm³/mol. The number of amides is 1. The number of hydrogen-bond donors (Lipinski definition) is 2. The molecule has 30 heavy (non-hydrogen) atoms. The lowest BCUT2D eigenvalue weighted by Crippen LogP contribution is -2.29. The molecule has 1 atom stereocenters. The monoisotopic (exact) mass is 409 g/mol. The smallest absolute Gasteiger partial charge is 0.308 e. The Morgan fingerprint density at radius 2 is 1.83 bits per heavy atom. The highest BCUT2D eigenvalue weighted by molar-refractivity contribution is 6.10. The summed E-state index contributed by atoms with van der Waals surface area (Å²) < 4.78 is 5.19. The number of aromatic nitrogens is 1. The van der Waals surface area contributed by atoms with Gasteiger partial charge in [-0.15, -0.1) is 0 Å². The standard InChI is InChI=1S/C21H19N3O6/c1-13(20(26)17-12-23-18-5-3-2-4-16(17)18)30-19(25)10-11-22-21(27)14-6-8-15(9-7-14)24(28)29/h2-9,12-13,23H,10-11H2,1H3,(H,22,27)/t13-/m0/s1. The van der Waals surface area contributed by atoms with Crippen LogP contribution >= 0.6 is 0 Å². The number of nitro benzene ring substituents is 1. The Kier molecular flexibility index (Phi) is 6.21. The number of ether oxygens (including phenoxy) is 1. The summed E-state index contributed by atoms with van der Waals surface area (Å²) >= 11 is 0. The summed E-state index contributed by atoms with van der Waals surface area (Å²) in [6, 6.07) is 12.4. The Morgan fingerprint density at radius 1 is 1.13 bits per heavy atom. The number of Topliss-reactive ketones (excluding diaryl/α,β-unsaturated/α-hetero) is 1. The van der Waals surface area contributed by atoms with Crippen LogP contribution in [0.25, 0.3) is 10.9 Å². The van der Waals surface area contributed by atoms with Crippen molar-refractivity contribution in [2.24, 2.45) is 0 Å². The maximum absolute atomic E-state index is 12.6. The molecule has 0 aliphatic rings. The van der Waals surface area contributed by atoms with Crippen molar-refractivity contribution in [2.75, 3.05) is 6.54 Å². The zero-order valence-electron chi connectivity index (χ0n) is 16.1. The molecule has 0 fully saturated rings. The maximum atomic E-state index is 12.6. The van der Waals surface area contributed by atoms with Crippen LogP contribution in [0.2, 0.25) is 0 Å². The first kappa shape index (κ1) is 20.7. The van der Waals surface area contributed by atoms with Crippen molar-refractivity contribution in [1.82, 2.24) is 10.3 Å². The number of carbonyl (C=O) groups is 3. The third-order valence-corrected chi connectivity index (χ3v) is 4.49. The fraction of sp³-hybridized carbons (Fsp3) is 0.190. The van der Waals surface area contributed by atoms with Gasteiger partial charge in [0.25, 0.3) is 11.6 Å². The minimum Gasteiger partial charge on any atom is -0.454 e. The molecule has 0 spiro atoms. The molecule has 1 aromatic heterocycles. The number of nitro groups is 1. The molecular formula is C21H19N3O6. The number of para-hydroxylation sites is 1. The van der Waals surface area contributed by atoms with Gasteiger partial charge in [0.2, 0.25) is 5.78 Å². The van der Waals surface area contributed by atoms with Crippen LogP contribution in [0, 0.1) is 10.1 Å². The number of nitrogens with zero attached hydrogens (tertiary/aromatic N) is 1. The van der Waals surface area contributed by atoms with Gasteiger partial charge in [-0.1, -0.05) is 18.2 Å². The highest BCUT2D eigenvalue weighted by Crippen LogP contribution is 2.20. The van der Waals surface area contributed by atoms with E-state index in [1.807, 2.05) is 18.2 Å². The molecule has 9 nitrogen and oxygen atoms in total. The summed E-state index contributed by atoms with van der Waals surface area (Å²) in [6.07, 6.45) is 0.494. The number of fused-ring (bicyclic) bond motifs is 1. The van der Waals surface area contributed by atoms with Crippen molar-refractivity contribution < 1.29 is 24.0 Å². The van der Waals surface area contributed by atoms with E-state index in [0.717, 1.165) is 10.9 Å². The largest absolute Gasteiger partial charge is 0.454 e. The molecule has 0 saturated heterocycles. The number of carbonyl (C=O) groups excluding carboxylic acids is 3. The van der Waals surface area contributed by atoms with Gasteiger partial charge in [0.05, 0.1) is 11.3 Å². The minimum absolute atomic E-state index is 0.00263. The number of ketones is 1. The van der Waals surface area contributed by atoms with Crippen LogP contribution in [0.4, 0.5) is 5.69 Å². The Balaban J connectivity index is 1.48. The van der Waals surface area contributed by atoms with E-state index in [4.69, 9.17) is 4.74 Å². The lowest BCUT2D eigenvalue weighted by Gasteiger charge is -2.12. The SMILES string of the molecule is C[C@H](OC(=O)CCNC(=O)c1ccc([N+](=O)[O-])cc1)C(=O)c1c[nH]c2ccccc12. The highest BCUT2D eigenvalue weighted by atomic mass is 16.6. The van der Waals surface area contributed by atoms with Crippen molar-refractivity contribution in [3.8, 4) is 0 Å². The maximum Gasteiger partial charge on any atom is 0.308 e. The predicted octanol–water partition coefficient (Wildman–Crippen LogP) is 3.01. The summed E-state index contributed by atoms with van der Waals surface area (Å²) in [7, 11) is 0. The summed E-state index contributed by atoms with van der Waals surface area (Å²) in [5.41, 5.74) is 1.37. The van der Waals surface area contributed by atoms with Crippen LogP contribution in [-0.4, -0.2) is 40.2 Å². The van der Waals surface area contributed by atoms with Gasteiger partial charge in [-0.25, -0.2) is 0 Å². The van der Waals surface area contributed by atoms with Gasteiger partial charge in [-0.05, 0) is 25.1 Å². The van der Waals surface area contributed by atoms with E-state index in [9.17, 15) is 24.5 Å². The first-order valence-corrected chi connectivity index (χ1v) is 9.19. The molecule has 0 saturated carbocycles. The van der Waals surface area contributed by atoms with Crippen molar-refractivity contribution >= 4 is 34.3 Å². The van der Waals surface area contributed by atoms with Crippen molar-refractivity contribution in [1.29, 1.82) is 0 Å². The van der Waals surface area contributed by atoms with Gasteiger partial charge < -0.3 is 15.0 Å². The van der Waals surface area contributed by atoms with Crippen LogP contribution in [0.15, 0.2) is 54.7 Å². The second kappa shape index (κ2) is 8.99. The zero-order valence-corrected chi connectivity index (χ0v) is 16.1. The number of rotatable bonds is 8. The molecule has 1 amide bonds. The molecule has 3 rings (SSSR count). The number of non-ortho nitro benzene ring substituents is 1. The first-order chi connectivity index (χ1) is 14.4. The second-order valence-electron chi connectivity index (χ2n) is 6.55. The third-order valence-electron chi connectivity index (χ3n) is 4.49. The van der Waals surface area contributed by atoms with Gasteiger partial charge in [0, 0.05) is 46.9 Å². The van der Waals surface area contributed by atoms with Gasteiger partial charge in [0.15, 0.2) is 6.10 Å². The van der Waals surface area contributed by atoms with E-state index in [1.165, 1.54) is 31.2 Å². The van der Waals surface area contributed by atoms with Gasteiger partial charge in [0.1, 0.15) is 0 Å². The van der Waals surface area contributed by atoms with Crippen LogP contribution < -0.4 is 5.32 Å². The number of hydrogen-bond acceptors (Lipinski definition) is 6. The summed E-state index contributed by atoms with van der Waals surface area (Å²) in [5.74, 6) is -1.42. The molecular weight excluding hydrogens is 390 g/mol. The molecule has 2 aromatic carbocycles. The van der Waals surface area contributed by atoms with E-state index >= 15 is 0 Å². The van der Waals surface area contributed by atoms with E-state index in [1.54, 1.807) is 12.3 Å². The van der Waals surface area contributed by atoms with Crippen LogP contribution in [0.1, 0.15) is 34.1 Å². The Labute approximate surface area is 171 Å². The minimum atomic E-state index is -0.970. The molecule has 0 unspecified atom stereocenters. The van der Waals surface area contributed by atoms with Crippen molar-refractivity contribution in [2.45, 2.75) is 19.4 Å². The molecule has 3 aromatic rings. The first-order valence-electron chi connectivity index (χ1n) is 9.19. The quantitative estimate of drug-likeness (QED) is 0.254. The Bertz CT molecular complexity index is 1100. The van der Waals surface area contributed by atoms with Gasteiger partial charge >= 0.3 is 5.97 Å². The van der Waals surface area contributed by atoms with E-state index < -0.39 is 22.9 Å². The molecule has 154 valence electrons. The van der Waals surface area contributed by atoms with E-state index in [-0.39, 0.29) is 30.0 Å². The number of esters is 1. The lowest BCUT2D eigenvalue weighted by atomic mass is 10.1. The average molecular weight is 409 g/mol. The molecule has 0 bridgehead atoms. The highest BCUT2D eigenvalue weighted by Gasteiger charge is 2.22. The summed E-state index contributed by atoms with van der Waals surface area (Å²) in [4.78, 5) is 49.7. The fourth-order valence-electron chi connectivity index (χ4n) is 2.92. The molecule has 1 heterocycles. The molecule has 0 radical (unpaired) electrons. The normalized spacial score (nSPS) is 11.6. The van der Waals surface area contributed by atoms with E-state index in [0.29, 0.717) is 5.56 Å². The molecule has 2 N–H and O–H groups in total.